The fourth-order valence-corrected chi connectivity index (χ4v) is 3.99. The van der Waals surface area contributed by atoms with Gasteiger partial charge in [0, 0.05) is 38.1 Å². The minimum absolute atomic E-state index is 0.414. The van der Waals surface area contributed by atoms with Crippen LogP contribution in [-0.4, -0.2) is 65.8 Å². The van der Waals surface area contributed by atoms with Crippen LogP contribution in [0, 0.1) is 6.92 Å². The van der Waals surface area contributed by atoms with E-state index in [0.717, 1.165) is 58.1 Å². The number of hydrogen-bond donors (Lipinski definition) is 0. The third-order valence-corrected chi connectivity index (χ3v) is 5.65. The molecule has 0 unspecified atom stereocenters. The number of benzene rings is 1. The van der Waals surface area contributed by atoms with Crippen molar-refractivity contribution in [3.8, 4) is 17.3 Å². The lowest BCUT2D eigenvalue weighted by molar-refractivity contribution is 0.122. The zero-order valence-corrected chi connectivity index (χ0v) is 17.8. The van der Waals surface area contributed by atoms with E-state index >= 15 is 0 Å². The summed E-state index contributed by atoms with van der Waals surface area (Å²) in [6.45, 7) is 4.80. The highest BCUT2D eigenvalue weighted by atomic mass is 16.5. The summed E-state index contributed by atoms with van der Waals surface area (Å²) in [4.78, 5) is 22.4. The summed E-state index contributed by atoms with van der Waals surface area (Å²) >= 11 is 0. The molecule has 0 atom stereocenters. The molecule has 0 radical (unpaired) electrons. The number of fused-ring (bicyclic) bond motifs is 2. The second-order valence-electron chi connectivity index (χ2n) is 7.83. The standard InChI is InChI=1S/C22H21N9O/c1-14-3-4-16-17(13-14)28-31(27-16)22-25-20-18(21(26-22)30-9-11-32-12-10-30)24-19(29(20)2)15-5-7-23-8-6-15/h3-8,13H,9-12H2,1-2H3. The predicted molar refractivity (Wildman–Crippen MR) is 120 cm³/mol. The summed E-state index contributed by atoms with van der Waals surface area (Å²) in [5, 5.41) is 9.24. The van der Waals surface area contributed by atoms with Gasteiger partial charge in [0.25, 0.3) is 5.95 Å². The van der Waals surface area contributed by atoms with E-state index in [1.54, 1.807) is 12.4 Å². The van der Waals surface area contributed by atoms with Crippen LogP contribution in [0.1, 0.15) is 5.56 Å². The molecule has 32 heavy (non-hydrogen) atoms. The number of imidazole rings is 1. The van der Waals surface area contributed by atoms with Gasteiger partial charge in [-0.25, -0.2) is 4.98 Å². The minimum Gasteiger partial charge on any atom is -0.378 e. The third kappa shape index (κ3) is 3.07. The molecular weight excluding hydrogens is 406 g/mol. The molecule has 6 rings (SSSR count). The zero-order chi connectivity index (χ0) is 21.7. The van der Waals surface area contributed by atoms with Crippen molar-refractivity contribution in [1.29, 1.82) is 0 Å². The molecule has 0 N–H and O–H groups in total. The average Bonchev–Trinajstić information content (AvgIpc) is 3.40. The lowest BCUT2D eigenvalue weighted by atomic mass is 10.2. The van der Waals surface area contributed by atoms with Crippen LogP contribution in [0.4, 0.5) is 5.82 Å². The Morgan fingerprint density at radius 2 is 1.69 bits per heavy atom. The maximum absolute atomic E-state index is 5.55. The number of ether oxygens (including phenoxy) is 1. The first-order chi connectivity index (χ1) is 15.7. The van der Waals surface area contributed by atoms with E-state index in [0.29, 0.717) is 19.2 Å². The Labute approximate surface area is 183 Å². The molecular formula is C22H21N9O. The molecule has 5 heterocycles. The summed E-state index contributed by atoms with van der Waals surface area (Å²) in [7, 11) is 1.96. The van der Waals surface area contributed by atoms with Crippen LogP contribution >= 0.6 is 0 Å². The van der Waals surface area contributed by atoms with Crippen LogP contribution in [-0.2, 0) is 11.8 Å². The van der Waals surface area contributed by atoms with Gasteiger partial charge in [0.15, 0.2) is 17.0 Å². The summed E-state index contributed by atoms with van der Waals surface area (Å²) in [6, 6.07) is 9.86. The van der Waals surface area contributed by atoms with Crippen molar-refractivity contribution in [3.05, 3.63) is 48.3 Å². The van der Waals surface area contributed by atoms with Gasteiger partial charge in [-0.15, -0.1) is 15.0 Å². The van der Waals surface area contributed by atoms with Gasteiger partial charge in [-0.2, -0.15) is 9.97 Å². The van der Waals surface area contributed by atoms with Crippen molar-refractivity contribution in [3.63, 3.8) is 0 Å². The SMILES string of the molecule is Cc1ccc2nn(-c3nc(N4CCOCC4)c4nc(-c5ccncc5)n(C)c4n3)nc2c1. The zero-order valence-electron chi connectivity index (χ0n) is 17.8. The molecule has 0 bridgehead atoms. The second kappa shape index (κ2) is 7.34. The van der Waals surface area contributed by atoms with E-state index in [-0.39, 0.29) is 0 Å². The predicted octanol–water partition coefficient (Wildman–Crippen LogP) is 2.30. The monoisotopic (exact) mass is 427 g/mol. The number of pyridine rings is 1. The smallest absolute Gasteiger partial charge is 0.272 e. The summed E-state index contributed by atoms with van der Waals surface area (Å²) in [5.41, 5.74) is 5.18. The van der Waals surface area contributed by atoms with Crippen molar-refractivity contribution in [2.45, 2.75) is 6.92 Å². The first kappa shape index (κ1) is 18.8. The molecule has 1 saturated heterocycles. The molecule has 4 aromatic heterocycles. The molecule has 1 fully saturated rings. The van der Waals surface area contributed by atoms with Gasteiger partial charge in [0.1, 0.15) is 16.9 Å². The van der Waals surface area contributed by atoms with Crippen LogP contribution < -0.4 is 4.90 Å². The molecule has 0 spiro atoms. The first-order valence-electron chi connectivity index (χ1n) is 10.5. The van der Waals surface area contributed by atoms with Gasteiger partial charge in [0.2, 0.25) is 0 Å². The number of nitrogens with zero attached hydrogens (tertiary/aromatic N) is 9. The van der Waals surface area contributed by atoms with Crippen LogP contribution in [0.3, 0.4) is 0 Å². The van der Waals surface area contributed by atoms with Crippen LogP contribution in [0.5, 0.6) is 0 Å². The molecule has 0 saturated carbocycles. The number of aromatic nitrogens is 8. The van der Waals surface area contributed by atoms with Gasteiger partial charge in [0.05, 0.1) is 13.2 Å². The molecule has 1 aliphatic heterocycles. The van der Waals surface area contributed by atoms with E-state index < -0.39 is 0 Å². The van der Waals surface area contributed by atoms with Gasteiger partial charge < -0.3 is 14.2 Å². The van der Waals surface area contributed by atoms with Crippen LogP contribution in [0.15, 0.2) is 42.7 Å². The Hall–Kier alpha value is -3.92. The van der Waals surface area contributed by atoms with Crippen LogP contribution in [0.2, 0.25) is 0 Å². The number of hydrogen-bond acceptors (Lipinski definition) is 8. The van der Waals surface area contributed by atoms with Gasteiger partial charge in [-0.1, -0.05) is 6.07 Å². The molecule has 1 aliphatic rings. The molecule has 10 nitrogen and oxygen atoms in total. The van der Waals surface area contributed by atoms with E-state index in [1.807, 2.05) is 48.9 Å². The molecule has 160 valence electrons. The fourth-order valence-electron chi connectivity index (χ4n) is 3.99. The summed E-state index contributed by atoms with van der Waals surface area (Å²) in [6.07, 6.45) is 3.52. The van der Waals surface area contributed by atoms with Crippen LogP contribution in [0.25, 0.3) is 39.5 Å². The summed E-state index contributed by atoms with van der Waals surface area (Å²) < 4.78 is 7.53. The largest absolute Gasteiger partial charge is 0.378 e. The number of anilines is 1. The number of rotatable bonds is 3. The van der Waals surface area contributed by atoms with E-state index in [2.05, 4.69) is 20.1 Å². The summed E-state index contributed by atoms with van der Waals surface area (Å²) in [5.74, 6) is 1.98. The third-order valence-electron chi connectivity index (χ3n) is 5.65. The first-order valence-corrected chi connectivity index (χ1v) is 10.5. The highest BCUT2D eigenvalue weighted by molar-refractivity contribution is 5.87. The topological polar surface area (TPSA) is 99.7 Å². The van der Waals surface area contributed by atoms with E-state index in [1.165, 1.54) is 4.80 Å². The molecule has 0 amide bonds. The maximum atomic E-state index is 5.55. The Balaban J connectivity index is 1.58. The fraction of sp³-hybridized carbons (Fsp3) is 0.273. The Morgan fingerprint density at radius 3 is 2.50 bits per heavy atom. The van der Waals surface area contributed by atoms with Gasteiger partial charge in [-0.3, -0.25) is 4.98 Å². The molecule has 5 aromatic rings. The highest BCUT2D eigenvalue weighted by Gasteiger charge is 2.23. The lowest BCUT2D eigenvalue weighted by Crippen LogP contribution is -2.37. The van der Waals surface area contributed by atoms with Crippen molar-refractivity contribution < 1.29 is 4.74 Å². The molecule has 0 aliphatic carbocycles. The van der Waals surface area contributed by atoms with Crippen molar-refractivity contribution in [2.75, 3.05) is 31.2 Å². The van der Waals surface area contributed by atoms with Crippen molar-refractivity contribution in [1.82, 2.24) is 39.5 Å². The Bertz CT molecular complexity index is 1430. The van der Waals surface area contributed by atoms with E-state index in [4.69, 9.17) is 19.7 Å². The van der Waals surface area contributed by atoms with Crippen molar-refractivity contribution in [2.24, 2.45) is 7.05 Å². The normalized spacial score (nSPS) is 14.5. The molecule has 10 heteroatoms. The molecule has 1 aromatic carbocycles. The quantitative estimate of drug-likeness (QED) is 0.432. The average molecular weight is 427 g/mol. The number of morpholine rings is 1. The second-order valence-corrected chi connectivity index (χ2v) is 7.83. The minimum atomic E-state index is 0.414. The van der Waals surface area contributed by atoms with Crippen molar-refractivity contribution >= 4 is 28.0 Å². The van der Waals surface area contributed by atoms with Gasteiger partial charge >= 0.3 is 0 Å². The Morgan fingerprint density at radius 1 is 0.906 bits per heavy atom. The maximum Gasteiger partial charge on any atom is 0.272 e. The number of aryl methyl sites for hydroxylation is 2. The lowest BCUT2D eigenvalue weighted by Gasteiger charge is -2.27. The Kier molecular flexibility index (Phi) is 4.32. The van der Waals surface area contributed by atoms with E-state index in [9.17, 15) is 0 Å². The highest BCUT2D eigenvalue weighted by Crippen LogP contribution is 2.29. The van der Waals surface area contributed by atoms with Gasteiger partial charge in [-0.05, 0) is 36.8 Å².